The Morgan fingerprint density at radius 1 is 0.657 bits per heavy atom. The van der Waals surface area contributed by atoms with E-state index in [0.717, 1.165) is 33.9 Å². The Balaban J connectivity index is 1.35. The fourth-order valence-electron chi connectivity index (χ4n) is 7.37. The van der Waals surface area contributed by atoms with Crippen molar-refractivity contribution in [3.05, 3.63) is 160 Å². The van der Waals surface area contributed by atoms with E-state index in [4.69, 9.17) is 35.3 Å². The van der Waals surface area contributed by atoms with Crippen LogP contribution in [0.15, 0.2) is 127 Å². The van der Waals surface area contributed by atoms with Gasteiger partial charge < -0.3 is 44.5 Å². The summed E-state index contributed by atoms with van der Waals surface area (Å²) in [6, 6.07) is 37.1. The molecule has 3 N–H and O–H groups in total. The van der Waals surface area contributed by atoms with Crippen LogP contribution < -0.4 is 20.7 Å². The van der Waals surface area contributed by atoms with Gasteiger partial charge >= 0.3 is 24.1 Å². The third kappa shape index (κ3) is 17.7. The van der Waals surface area contributed by atoms with Crippen LogP contribution in [0.2, 0.25) is 30.7 Å². The van der Waals surface area contributed by atoms with E-state index in [0.29, 0.717) is 34.7 Å². The molecule has 70 heavy (non-hydrogen) atoms. The quantitative estimate of drug-likeness (QED) is 0.0221. The number of amides is 3. The number of esters is 2. The summed E-state index contributed by atoms with van der Waals surface area (Å²) in [5, 5.41) is 8.89. The average Bonchev–Trinajstić information content (AvgIpc) is 3.36. The highest BCUT2D eigenvalue weighted by atomic mass is 35.5. The smallest absolute Gasteiger partial charge is 0.408 e. The summed E-state index contributed by atoms with van der Waals surface area (Å²) in [4.78, 5) is 68.1. The van der Waals surface area contributed by atoms with Crippen LogP contribution in [-0.2, 0) is 66.0 Å². The lowest BCUT2D eigenvalue weighted by Crippen LogP contribution is -2.51. The van der Waals surface area contributed by atoms with E-state index in [1.54, 1.807) is 20.2 Å². The molecule has 0 aliphatic heterocycles. The molecule has 5 aromatic rings. The van der Waals surface area contributed by atoms with Gasteiger partial charge in [-0.15, -0.1) is 0 Å². The zero-order valence-electron chi connectivity index (χ0n) is 40.8. The lowest BCUT2D eigenvalue weighted by atomic mass is 9.95. The van der Waals surface area contributed by atoms with E-state index < -0.39 is 50.3 Å². The number of methoxy groups -OCH3 is 1. The van der Waals surface area contributed by atoms with Crippen molar-refractivity contribution >= 4 is 49.7 Å². The first kappa shape index (κ1) is 54.3. The van der Waals surface area contributed by atoms with E-state index >= 15 is 0 Å². The number of likely N-dealkylation sites (N-methyl/N-ethyl adjacent to an activating group) is 2. The summed E-state index contributed by atoms with van der Waals surface area (Å²) < 4.78 is 28.2. The number of carbonyl (C=O) groups is 5. The number of ether oxygens (including phenoxy) is 5. The number of nitrogens with one attached hydrogen (secondary N) is 3. The molecule has 0 unspecified atom stereocenters. The van der Waals surface area contributed by atoms with Gasteiger partial charge in [-0.1, -0.05) is 134 Å². The molecule has 0 heterocycles. The molecule has 3 amide bonds. The van der Waals surface area contributed by atoms with Crippen LogP contribution in [0.1, 0.15) is 40.7 Å². The molecule has 0 aliphatic carbocycles. The van der Waals surface area contributed by atoms with Gasteiger partial charge in [0.05, 0.1) is 19.8 Å². The first-order valence-electron chi connectivity index (χ1n) is 23.3. The summed E-state index contributed by atoms with van der Waals surface area (Å²) in [6.45, 7) is 7.44. The van der Waals surface area contributed by atoms with Crippen molar-refractivity contribution in [3.8, 4) is 16.9 Å². The van der Waals surface area contributed by atoms with Crippen molar-refractivity contribution in [3.63, 3.8) is 0 Å². The fraction of sp³-hybridized carbons (Fsp3) is 0.352. The van der Waals surface area contributed by atoms with Gasteiger partial charge in [0.2, 0.25) is 5.91 Å². The second-order valence-corrected chi connectivity index (χ2v) is 24.0. The summed E-state index contributed by atoms with van der Waals surface area (Å²) in [5.41, 5.74) is 5.22. The van der Waals surface area contributed by atoms with Gasteiger partial charge in [-0.2, -0.15) is 0 Å². The number of alkyl carbamates (subject to hydrolysis) is 2. The maximum absolute atomic E-state index is 13.9. The zero-order chi connectivity index (χ0) is 50.5. The Morgan fingerprint density at radius 2 is 1.21 bits per heavy atom. The molecule has 0 saturated heterocycles. The summed E-state index contributed by atoms with van der Waals surface area (Å²) in [5.74, 6) is -1.09. The number of rotatable bonds is 25. The van der Waals surface area contributed by atoms with Crippen LogP contribution >= 0.6 is 11.6 Å². The number of nitrogens with zero attached hydrogens (tertiary/aromatic N) is 1. The fourth-order valence-corrected chi connectivity index (χ4v) is 8.28. The summed E-state index contributed by atoms with van der Waals surface area (Å²) in [6.07, 6.45) is -0.499. The molecule has 0 fully saturated rings. The third-order valence-corrected chi connectivity index (χ3v) is 13.6. The van der Waals surface area contributed by atoms with E-state index in [9.17, 15) is 24.0 Å². The van der Waals surface area contributed by atoms with E-state index in [1.165, 1.54) is 12.0 Å². The number of hydrogen-bond donors (Lipinski definition) is 3. The van der Waals surface area contributed by atoms with Gasteiger partial charge in [0.15, 0.2) is 0 Å². The van der Waals surface area contributed by atoms with Crippen LogP contribution in [0.3, 0.4) is 0 Å². The molecule has 0 saturated carbocycles. The molecule has 14 nitrogen and oxygen atoms in total. The number of benzene rings is 5. The van der Waals surface area contributed by atoms with Crippen LogP contribution in [0.5, 0.6) is 5.75 Å². The van der Waals surface area contributed by atoms with Crippen molar-refractivity contribution in [1.29, 1.82) is 0 Å². The Kier molecular flexibility index (Phi) is 21.3. The van der Waals surface area contributed by atoms with Crippen molar-refractivity contribution in [2.45, 2.75) is 89.3 Å². The van der Waals surface area contributed by atoms with Crippen molar-refractivity contribution < 1.29 is 47.7 Å². The van der Waals surface area contributed by atoms with Crippen molar-refractivity contribution in [1.82, 2.24) is 20.9 Å². The van der Waals surface area contributed by atoms with Gasteiger partial charge in [0.25, 0.3) is 0 Å². The standard InChI is InChI=1S/C54H65ClN4O10Si/c1-56-46(23-16-28-57-53(63)68-36-39-19-12-8-13-20-39)50(60)59(2)48(52(62)65-3)34-43-31-41(24-26-45(43)55)42-25-27-49(67-35-38-17-10-7-11-18-38)44(32-42)33-47(51(61)66-29-30-70(4,5)6)58-54(64)69-37-40-21-14-9-15-22-40/h7-15,17-22,24-27,31-32,46-48,56H,16,23,28-30,33-37H2,1-6H3,(H,57,63)(H,58,64)/t46-,47-,48-/m0/s1. The van der Waals surface area contributed by atoms with Crippen LogP contribution in [0.25, 0.3) is 11.1 Å². The van der Waals surface area contributed by atoms with Gasteiger partial charge in [0, 0.05) is 39.5 Å². The molecule has 0 aromatic heterocycles. The molecule has 0 aliphatic rings. The number of carbonyl (C=O) groups excluding carboxylic acids is 5. The van der Waals surface area contributed by atoms with E-state index in [2.05, 4.69) is 35.6 Å². The van der Waals surface area contributed by atoms with Crippen molar-refractivity contribution in [2.24, 2.45) is 0 Å². The zero-order valence-corrected chi connectivity index (χ0v) is 42.6. The predicted octanol–water partition coefficient (Wildman–Crippen LogP) is 9.14. The Labute approximate surface area is 417 Å². The molecular formula is C54H65ClN4O10Si. The average molecular weight is 994 g/mol. The van der Waals surface area contributed by atoms with Gasteiger partial charge in [-0.05, 0) is 89.1 Å². The normalized spacial score (nSPS) is 12.4. The van der Waals surface area contributed by atoms with Crippen LogP contribution in [0.4, 0.5) is 9.59 Å². The molecule has 0 bridgehead atoms. The highest BCUT2D eigenvalue weighted by Crippen LogP contribution is 2.32. The van der Waals surface area contributed by atoms with Crippen LogP contribution in [-0.4, -0.2) is 95.5 Å². The maximum Gasteiger partial charge on any atom is 0.408 e. The lowest BCUT2D eigenvalue weighted by molar-refractivity contribution is -0.152. The third-order valence-electron chi connectivity index (χ3n) is 11.5. The highest BCUT2D eigenvalue weighted by molar-refractivity contribution is 6.76. The lowest BCUT2D eigenvalue weighted by Gasteiger charge is -2.30. The predicted molar refractivity (Wildman–Crippen MR) is 273 cm³/mol. The molecule has 0 spiro atoms. The SMILES string of the molecule is CN[C@@H](CCCNC(=O)OCc1ccccc1)C(=O)N(C)[C@@H](Cc1cc(-c2ccc(OCc3ccccc3)c(C[C@H](NC(=O)OCc3ccccc3)C(=O)OCC[Si](C)(C)C)c2)ccc1Cl)C(=O)OC. The molecule has 3 atom stereocenters. The second kappa shape index (κ2) is 27.5. The van der Waals surface area contributed by atoms with E-state index in [1.807, 2.05) is 121 Å². The minimum Gasteiger partial charge on any atom is -0.489 e. The molecule has 372 valence electrons. The molecule has 5 rings (SSSR count). The van der Waals surface area contributed by atoms with Crippen molar-refractivity contribution in [2.75, 3.05) is 34.4 Å². The van der Waals surface area contributed by atoms with Crippen LogP contribution in [0, 0.1) is 0 Å². The summed E-state index contributed by atoms with van der Waals surface area (Å²) >= 11 is 6.83. The van der Waals surface area contributed by atoms with Gasteiger partial charge in [-0.3, -0.25) is 4.79 Å². The number of hydrogen-bond acceptors (Lipinski definition) is 11. The first-order valence-corrected chi connectivity index (χ1v) is 27.4. The monoisotopic (exact) mass is 992 g/mol. The van der Waals surface area contributed by atoms with E-state index in [-0.39, 0.29) is 51.7 Å². The van der Waals surface area contributed by atoms with Gasteiger partial charge in [0.1, 0.15) is 37.7 Å². The summed E-state index contributed by atoms with van der Waals surface area (Å²) in [7, 11) is 2.91. The minimum atomic E-state index is -1.56. The minimum absolute atomic E-state index is 0.00296. The second-order valence-electron chi connectivity index (χ2n) is 18.0. The molecule has 5 aromatic carbocycles. The topological polar surface area (TPSA) is 171 Å². The first-order chi connectivity index (χ1) is 33.6. The highest BCUT2D eigenvalue weighted by Gasteiger charge is 2.32. The Hall–Kier alpha value is -6.68. The maximum atomic E-state index is 13.9. The molecular weight excluding hydrogens is 928 g/mol. The Bertz CT molecular complexity index is 2480. The molecule has 0 radical (unpaired) electrons. The Morgan fingerprint density at radius 3 is 1.79 bits per heavy atom. The number of halogens is 1. The molecule has 16 heteroatoms. The van der Waals surface area contributed by atoms with Gasteiger partial charge in [-0.25, -0.2) is 19.2 Å². The largest absolute Gasteiger partial charge is 0.489 e.